The molecule has 7 nitrogen and oxygen atoms in total. The Morgan fingerprint density at radius 2 is 1.59 bits per heavy atom. The summed E-state index contributed by atoms with van der Waals surface area (Å²) in [6.45, 7) is 5.96. The Morgan fingerprint density at radius 3 is 2.32 bits per heavy atom. The lowest BCUT2D eigenvalue weighted by atomic mass is 9.70. The van der Waals surface area contributed by atoms with E-state index >= 15 is 0 Å². The highest BCUT2D eigenvalue weighted by atomic mass is 16.5. The van der Waals surface area contributed by atoms with Gasteiger partial charge in [-0.25, -0.2) is 0 Å². The number of aryl methyl sites for hydroxylation is 2. The molecule has 1 aliphatic carbocycles. The van der Waals surface area contributed by atoms with Gasteiger partial charge in [-0.2, -0.15) is 0 Å². The third-order valence-corrected chi connectivity index (χ3v) is 8.05. The highest BCUT2D eigenvalue weighted by Crippen LogP contribution is 2.47. The lowest BCUT2D eigenvalue weighted by molar-refractivity contribution is -0.116. The van der Waals surface area contributed by atoms with Gasteiger partial charge in [0.2, 0.25) is 0 Å². The second-order valence-corrected chi connectivity index (χ2v) is 10.6. The van der Waals surface area contributed by atoms with Crippen LogP contribution in [0, 0.1) is 13.8 Å². The molecule has 212 valence electrons. The standard InChI is InChI=1S/C34H36N2O5/c1-19-11-12-20(2)24(15-19)32-31(34(38)36-25-9-7-8-10-28(25)39-4)21(3)35-26-16-23(17-27(37)33(26)32)22-13-14-29(40-5)30(18-22)41-6/h7-15,18,23,32,35H,16-17H2,1-6H3,(H,36,38)/t23-,32+/m0/s1. The quantitative estimate of drug-likeness (QED) is 0.356. The maximum Gasteiger partial charge on any atom is 0.254 e. The smallest absolute Gasteiger partial charge is 0.254 e. The van der Waals surface area contributed by atoms with Crippen LogP contribution in [-0.2, 0) is 9.59 Å². The van der Waals surface area contributed by atoms with Crippen LogP contribution in [0.5, 0.6) is 17.2 Å². The van der Waals surface area contributed by atoms with Crippen LogP contribution in [0.1, 0.15) is 53.9 Å². The summed E-state index contributed by atoms with van der Waals surface area (Å²) in [6.07, 6.45) is 0.967. The minimum atomic E-state index is -0.500. The molecule has 2 atom stereocenters. The van der Waals surface area contributed by atoms with E-state index in [-0.39, 0.29) is 17.6 Å². The minimum Gasteiger partial charge on any atom is -0.495 e. The van der Waals surface area contributed by atoms with Crippen molar-refractivity contribution in [2.24, 2.45) is 0 Å². The van der Waals surface area contributed by atoms with Gasteiger partial charge in [-0.15, -0.1) is 0 Å². The fourth-order valence-electron chi connectivity index (χ4n) is 6.00. The Bertz CT molecular complexity index is 1590. The predicted octanol–water partition coefficient (Wildman–Crippen LogP) is 6.33. The first-order valence-corrected chi connectivity index (χ1v) is 13.7. The molecule has 2 N–H and O–H groups in total. The third-order valence-electron chi connectivity index (χ3n) is 8.05. The molecule has 3 aromatic carbocycles. The lowest BCUT2D eigenvalue weighted by Crippen LogP contribution is -2.37. The van der Waals surface area contributed by atoms with E-state index in [0.717, 1.165) is 33.6 Å². The van der Waals surface area contributed by atoms with Crippen molar-refractivity contribution in [3.63, 3.8) is 0 Å². The Balaban J connectivity index is 1.58. The molecule has 0 bridgehead atoms. The van der Waals surface area contributed by atoms with Crippen molar-refractivity contribution in [3.05, 3.63) is 105 Å². The second-order valence-electron chi connectivity index (χ2n) is 10.6. The predicted molar refractivity (Wildman–Crippen MR) is 160 cm³/mol. The van der Waals surface area contributed by atoms with E-state index in [1.54, 1.807) is 33.5 Å². The van der Waals surface area contributed by atoms with Crippen LogP contribution in [0.15, 0.2) is 83.2 Å². The number of carbonyl (C=O) groups is 2. The van der Waals surface area contributed by atoms with Gasteiger partial charge in [0.15, 0.2) is 17.3 Å². The van der Waals surface area contributed by atoms with Gasteiger partial charge < -0.3 is 24.8 Å². The molecule has 1 aliphatic heterocycles. The number of Topliss-reactive ketones (excluding diaryl/α,β-unsaturated/α-hetero) is 1. The van der Waals surface area contributed by atoms with E-state index in [0.29, 0.717) is 46.9 Å². The van der Waals surface area contributed by atoms with Crippen LogP contribution in [0.2, 0.25) is 0 Å². The van der Waals surface area contributed by atoms with Gasteiger partial charge in [0.25, 0.3) is 5.91 Å². The maximum atomic E-state index is 14.1. The van der Waals surface area contributed by atoms with E-state index in [1.807, 2.05) is 51.1 Å². The molecular weight excluding hydrogens is 516 g/mol. The third kappa shape index (κ3) is 5.32. The zero-order valence-corrected chi connectivity index (χ0v) is 24.4. The van der Waals surface area contributed by atoms with Crippen molar-refractivity contribution < 1.29 is 23.8 Å². The Labute approximate surface area is 241 Å². The average Bonchev–Trinajstić information content (AvgIpc) is 2.97. The molecule has 1 heterocycles. The van der Waals surface area contributed by atoms with E-state index < -0.39 is 5.92 Å². The number of hydrogen-bond acceptors (Lipinski definition) is 6. The van der Waals surface area contributed by atoms with E-state index in [1.165, 1.54) is 0 Å². The van der Waals surface area contributed by atoms with Crippen molar-refractivity contribution in [2.45, 2.75) is 45.4 Å². The number of ketones is 1. The summed E-state index contributed by atoms with van der Waals surface area (Å²) < 4.78 is 16.4. The molecule has 0 saturated carbocycles. The number of ether oxygens (including phenoxy) is 3. The highest BCUT2D eigenvalue weighted by Gasteiger charge is 2.41. The molecule has 0 aromatic heterocycles. The molecule has 3 aromatic rings. The summed E-state index contributed by atoms with van der Waals surface area (Å²) in [7, 11) is 4.79. The maximum absolute atomic E-state index is 14.1. The molecule has 0 saturated heterocycles. The summed E-state index contributed by atoms with van der Waals surface area (Å²) in [5.41, 5.74) is 7.41. The van der Waals surface area contributed by atoms with Crippen LogP contribution in [0.4, 0.5) is 5.69 Å². The first kappa shape index (κ1) is 28.0. The summed E-state index contributed by atoms with van der Waals surface area (Å²) in [5, 5.41) is 6.51. The highest BCUT2D eigenvalue weighted by molar-refractivity contribution is 6.10. The summed E-state index contributed by atoms with van der Waals surface area (Å²) in [4.78, 5) is 28.1. The number of benzene rings is 3. The van der Waals surface area contributed by atoms with Crippen LogP contribution in [0.25, 0.3) is 0 Å². The number of allylic oxidation sites excluding steroid dienone is 3. The lowest BCUT2D eigenvalue weighted by Gasteiger charge is -2.37. The van der Waals surface area contributed by atoms with E-state index in [2.05, 4.69) is 28.8 Å². The van der Waals surface area contributed by atoms with Crippen molar-refractivity contribution in [2.75, 3.05) is 26.6 Å². The SMILES string of the molecule is COc1ccccc1NC(=O)C1=C(C)NC2=C(C(=O)C[C@@H](c3ccc(OC)c(OC)c3)C2)[C@@H]1c1cc(C)ccc1C. The Morgan fingerprint density at radius 1 is 0.854 bits per heavy atom. The van der Waals surface area contributed by atoms with Gasteiger partial charge in [0.1, 0.15) is 5.75 Å². The van der Waals surface area contributed by atoms with Crippen molar-refractivity contribution in [1.29, 1.82) is 0 Å². The number of nitrogens with one attached hydrogen (secondary N) is 2. The van der Waals surface area contributed by atoms with E-state index in [9.17, 15) is 9.59 Å². The molecule has 41 heavy (non-hydrogen) atoms. The summed E-state index contributed by atoms with van der Waals surface area (Å²) in [5.74, 6) is 1.06. The molecular formula is C34H36N2O5. The van der Waals surface area contributed by atoms with Gasteiger partial charge >= 0.3 is 0 Å². The van der Waals surface area contributed by atoms with Gasteiger partial charge in [0.05, 0.1) is 27.0 Å². The Kier molecular flexibility index (Phi) is 7.88. The van der Waals surface area contributed by atoms with Crippen LogP contribution < -0.4 is 24.8 Å². The normalized spacial score (nSPS) is 18.4. The number of anilines is 1. The van der Waals surface area contributed by atoms with Crippen molar-refractivity contribution in [1.82, 2.24) is 5.32 Å². The van der Waals surface area contributed by atoms with E-state index in [4.69, 9.17) is 14.2 Å². The summed E-state index contributed by atoms with van der Waals surface area (Å²) in [6, 6.07) is 19.3. The first-order chi connectivity index (χ1) is 19.7. The van der Waals surface area contributed by atoms with Crippen LogP contribution >= 0.6 is 0 Å². The molecule has 2 aliphatic rings. The minimum absolute atomic E-state index is 0.0273. The van der Waals surface area contributed by atoms with Crippen molar-refractivity contribution >= 4 is 17.4 Å². The van der Waals surface area contributed by atoms with Crippen molar-refractivity contribution in [3.8, 4) is 17.2 Å². The van der Waals surface area contributed by atoms with Gasteiger partial charge in [-0.05, 0) is 74.1 Å². The molecule has 7 heteroatoms. The fourth-order valence-corrected chi connectivity index (χ4v) is 6.00. The van der Waals surface area contributed by atoms with Gasteiger partial charge in [-0.1, -0.05) is 42.0 Å². The zero-order chi connectivity index (χ0) is 29.3. The number of dihydropyridines is 1. The van der Waals surface area contributed by atoms with Gasteiger partial charge in [0, 0.05) is 34.9 Å². The Hall–Kier alpha value is -4.52. The topological polar surface area (TPSA) is 85.9 Å². The molecule has 5 rings (SSSR count). The van der Waals surface area contributed by atoms with Crippen LogP contribution in [0.3, 0.4) is 0 Å². The number of para-hydroxylation sites is 2. The number of carbonyl (C=O) groups excluding carboxylic acids is 2. The molecule has 1 amide bonds. The molecule has 0 unspecified atom stereocenters. The largest absolute Gasteiger partial charge is 0.495 e. The molecule has 0 radical (unpaired) electrons. The summed E-state index contributed by atoms with van der Waals surface area (Å²) >= 11 is 0. The number of methoxy groups -OCH3 is 3. The monoisotopic (exact) mass is 552 g/mol. The number of hydrogen-bond donors (Lipinski definition) is 2. The number of amides is 1. The second kappa shape index (κ2) is 11.5. The molecule has 0 fully saturated rings. The zero-order valence-electron chi connectivity index (χ0n) is 24.4. The van der Waals surface area contributed by atoms with Gasteiger partial charge in [-0.3, -0.25) is 9.59 Å². The number of rotatable bonds is 7. The molecule has 0 spiro atoms. The fraction of sp³-hybridized carbons (Fsp3) is 0.294. The van der Waals surface area contributed by atoms with Crippen LogP contribution in [-0.4, -0.2) is 33.0 Å². The average molecular weight is 553 g/mol. The first-order valence-electron chi connectivity index (χ1n) is 13.7.